The largest absolute Gasteiger partial charge is 0.497 e. The number of piperazine rings is 1. The van der Waals surface area contributed by atoms with E-state index in [1.807, 2.05) is 6.07 Å². The van der Waals surface area contributed by atoms with Crippen molar-refractivity contribution in [1.29, 1.82) is 0 Å². The molecule has 1 aliphatic rings. The molecule has 2 rings (SSSR count). The maximum Gasteiger partial charge on any atom is 0.119 e. The Bertz CT molecular complexity index is 445. The average molecular weight is 290 g/mol. The van der Waals surface area contributed by atoms with Gasteiger partial charge in [0.2, 0.25) is 0 Å². The molecule has 2 unspecified atom stereocenters. The van der Waals surface area contributed by atoms with E-state index >= 15 is 0 Å². The third-order valence-electron chi connectivity index (χ3n) is 4.58. The van der Waals surface area contributed by atoms with Crippen LogP contribution in [0.2, 0.25) is 0 Å². The van der Waals surface area contributed by atoms with E-state index in [2.05, 4.69) is 56.1 Å². The number of hydrogen-bond donors (Lipinski definition) is 1. The standard InChI is InChI=1S/C18H30N2O/c1-13(2)17-12-20(18(10-19-17)14(3)4)11-15-7-6-8-16(9-15)21-5/h6-9,13-14,17-19H,10-12H2,1-5H3. The molecule has 0 aliphatic carbocycles. The van der Waals surface area contributed by atoms with Crippen molar-refractivity contribution in [3.8, 4) is 5.75 Å². The van der Waals surface area contributed by atoms with Crippen molar-refractivity contribution in [2.45, 2.75) is 46.3 Å². The summed E-state index contributed by atoms with van der Waals surface area (Å²) in [6.45, 7) is 12.5. The van der Waals surface area contributed by atoms with Crippen LogP contribution >= 0.6 is 0 Å². The van der Waals surface area contributed by atoms with Crippen LogP contribution < -0.4 is 10.1 Å². The molecule has 1 aliphatic heterocycles. The number of ether oxygens (including phenoxy) is 1. The summed E-state index contributed by atoms with van der Waals surface area (Å²) in [5.41, 5.74) is 1.34. The van der Waals surface area contributed by atoms with Crippen LogP contribution in [0.3, 0.4) is 0 Å². The van der Waals surface area contributed by atoms with Crippen molar-refractivity contribution in [2.24, 2.45) is 11.8 Å². The zero-order chi connectivity index (χ0) is 15.4. The molecule has 21 heavy (non-hydrogen) atoms. The minimum atomic E-state index is 0.589. The fourth-order valence-corrected chi connectivity index (χ4v) is 3.14. The van der Waals surface area contributed by atoms with E-state index in [1.54, 1.807) is 7.11 Å². The van der Waals surface area contributed by atoms with E-state index in [-0.39, 0.29) is 0 Å². The summed E-state index contributed by atoms with van der Waals surface area (Å²) >= 11 is 0. The summed E-state index contributed by atoms with van der Waals surface area (Å²) in [4.78, 5) is 2.64. The fourth-order valence-electron chi connectivity index (χ4n) is 3.14. The average Bonchev–Trinajstić information content (AvgIpc) is 2.47. The summed E-state index contributed by atoms with van der Waals surface area (Å²) < 4.78 is 5.35. The van der Waals surface area contributed by atoms with Crippen LogP contribution in [0, 0.1) is 11.8 Å². The van der Waals surface area contributed by atoms with Gasteiger partial charge in [-0.1, -0.05) is 39.8 Å². The first kappa shape index (κ1) is 16.3. The monoisotopic (exact) mass is 290 g/mol. The van der Waals surface area contributed by atoms with Crippen LogP contribution in [0.15, 0.2) is 24.3 Å². The second-order valence-electron chi connectivity index (χ2n) is 6.85. The molecule has 1 aromatic rings. The van der Waals surface area contributed by atoms with Gasteiger partial charge < -0.3 is 10.1 Å². The lowest BCUT2D eigenvalue weighted by Crippen LogP contribution is -2.59. The van der Waals surface area contributed by atoms with E-state index in [0.717, 1.165) is 25.4 Å². The maximum atomic E-state index is 5.35. The molecule has 2 atom stereocenters. The molecule has 1 aromatic carbocycles. The second-order valence-corrected chi connectivity index (χ2v) is 6.85. The van der Waals surface area contributed by atoms with Gasteiger partial charge in [0.1, 0.15) is 5.75 Å². The van der Waals surface area contributed by atoms with Crippen molar-refractivity contribution in [2.75, 3.05) is 20.2 Å². The van der Waals surface area contributed by atoms with Crippen molar-refractivity contribution in [1.82, 2.24) is 10.2 Å². The van der Waals surface area contributed by atoms with E-state index in [4.69, 9.17) is 4.74 Å². The van der Waals surface area contributed by atoms with Crippen LogP contribution in [-0.2, 0) is 6.54 Å². The molecule has 1 N–H and O–H groups in total. The first-order valence-corrected chi connectivity index (χ1v) is 8.11. The molecular weight excluding hydrogens is 260 g/mol. The van der Waals surface area contributed by atoms with Crippen LogP contribution in [-0.4, -0.2) is 37.2 Å². The van der Waals surface area contributed by atoms with Gasteiger partial charge in [0, 0.05) is 31.7 Å². The number of nitrogens with one attached hydrogen (secondary N) is 1. The molecule has 0 amide bonds. The lowest BCUT2D eigenvalue weighted by atomic mass is 9.93. The molecule has 1 fully saturated rings. The topological polar surface area (TPSA) is 24.5 Å². The Hall–Kier alpha value is -1.06. The van der Waals surface area contributed by atoms with Crippen molar-refractivity contribution < 1.29 is 4.74 Å². The first-order valence-electron chi connectivity index (χ1n) is 8.11. The highest BCUT2D eigenvalue weighted by Crippen LogP contribution is 2.22. The van der Waals surface area contributed by atoms with Crippen LogP contribution in [0.4, 0.5) is 0 Å². The number of rotatable bonds is 5. The Morgan fingerprint density at radius 1 is 1.24 bits per heavy atom. The predicted octanol–water partition coefficient (Wildman–Crippen LogP) is 3.15. The highest BCUT2D eigenvalue weighted by atomic mass is 16.5. The van der Waals surface area contributed by atoms with Crippen LogP contribution in [0.5, 0.6) is 5.75 Å². The van der Waals surface area contributed by atoms with Crippen LogP contribution in [0.25, 0.3) is 0 Å². The van der Waals surface area contributed by atoms with Crippen molar-refractivity contribution in [3.63, 3.8) is 0 Å². The van der Waals surface area contributed by atoms with Gasteiger partial charge >= 0.3 is 0 Å². The van der Waals surface area contributed by atoms with Gasteiger partial charge in [0.15, 0.2) is 0 Å². The summed E-state index contributed by atoms with van der Waals surface area (Å²) in [6, 6.07) is 9.64. The van der Waals surface area contributed by atoms with E-state index < -0.39 is 0 Å². The number of methoxy groups -OCH3 is 1. The van der Waals surface area contributed by atoms with E-state index in [9.17, 15) is 0 Å². The lowest BCUT2D eigenvalue weighted by molar-refractivity contribution is 0.0783. The molecule has 1 saturated heterocycles. The Labute approximate surface area is 129 Å². The van der Waals surface area contributed by atoms with Gasteiger partial charge in [-0.2, -0.15) is 0 Å². The van der Waals surface area contributed by atoms with Crippen molar-refractivity contribution >= 4 is 0 Å². The van der Waals surface area contributed by atoms with Gasteiger partial charge in [0.05, 0.1) is 7.11 Å². The normalized spacial score (nSPS) is 23.8. The summed E-state index contributed by atoms with van der Waals surface area (Å²) in [6.07, 6.45) is 0. The third-order valence-corrected chi connectivity index (χ3v) is 4.58. The third kappa shape index (κ3) is 4.21. The van der Waals surface area contributed by atoms with E-state index in [1.165, 1.54) is 5.56 Å². The SMILES string of the molecule is COc1cccc(CN2CC(C(C)C)NCC2C(C)C)c1. The Kier molecular flexibility index (Phi) is 5.65. The minimum Gasteiger partial charge on any atom is -0.497 e. The Morgan fingerprint density at radius 3 is 2.62 bits per heavy atom. The molecule has 3 nitrogen and oxygen atoms in total. The number of benzene rings is 1. The quantitative estimate of drug-likeness (QED) is 0.901. The zero-order valence-corrected chi connectivity index (χ0v) is 14.1. The number of nitrogens with zero attached hydrogens (tertiary/aromatic N) is 1. The smallest absolute Gasteiger partial charge is 0.119 e. The first-order chi connectivity index (χ1) is 10.0. The summed E-state index contributed by atoms with van der Waals surface area (Å²) in [5.74, 6) is 2.28. The molecule has 3 heteroatoms. The molecule has 0 aromatic heterocycles. The summed E-state index contributed by atoms with van der Waals surface area (Å²) in [5, 5.41) is 3.72. The number of hydrogen-bond acceptors (Lipinski definition) is 3. The predicted molar refractivity (Wildman–Crippen MR) is 88.7 cm³/mol. The molecule has 118 valence electrons. The van der Waals surface area contributed by atoms with E-state index in [0.29, 0.717) is 23.9 Å². The highest BCUT2D eigenvalue weighted by molar-refractivity contribution is 5.28. The molecule has 0 saturated carbocycles. The molecule has 0 bridgehead atoms. The zero-order valence-electron chi connectivity index (χ0n) is 14.1. The van der Waals surface area contributed by atoms with Gasteiger partial charge in [-0.15, -0.1) is 0 Å². The van der Waals surface area contributed by atoms with Crippen LogP contribution in [0.1, 0.15) is 33.3 Å². The second kappa shape index (κ2) is 7.28. The fraction of sp³-hybridized carbons (Fsp3) is 0.667. The van der Waals surface area contributed by atoms with Crippen molar-refractivity contribution in [3.05, 3.63) is 29.8 Å². The lowest BCUT2D eigenvalue weighted by Gasteiger charge is -2.43. The summed E-state index contributed by atoms with van der Waals surface area (Å²) in [7, 11) is 1.73. The molecule has 1 heterocycles. The van der Waals surface area contributed by atoms with Gasteiger partial charge in [-0.3, -0.25) is 4.90 Å². The Morgan fingerprint density at radius 2 is 2.00 bits per heavy atom. The maximum absolute atomic E-state index is 5.35. The minimum absolute atomic E-state index is 0.589. The van der Waals surface area contributed by atoms with Gasteiger partial charge in [-0.25, -0.2) is 0 Å². The highest BCUT2D eigenvalue weighted by Gasteiger charge is 2.30. The molecule has 0 radical (unpaired) electrons. The Balaban J connectivity index is 2.11. The van der Waals surface area contributed by atoms with Gasteiger partial charge in [0.25, 0.3) is 0 Å². The van der Waals surface area contributed by atoms with Gasteiger partial charge in [-0.05, 0) is 29.5 Å². The molecule has 0 spiro atoms. The molecular formula is C18H30N2O.